The Morgan fingerprint density at radius 2 is 0.800 bits per heavy atom. The van der Waals surface area contributed by atoms with Crippen molar-refractivity contribution >= 4 is 18.9 Å². The van der Waals surface area contributed by atoms with E-state index < -0.39 is 0 Å². The maximum absolute atomic E-state index is 6.00. The summed E-state index contributed by atoms with van der Waals surface area (Å²) >= 11 is 0. The van der Waals surface area contributed by atoms with Crippen LogP contribution in [0.1, 0.15) is 0 Å². The summed E-state index contributed by atoms with van der Waals surface area (Å²) in [7, 11) is 0. The van der Waals surface area contributed by atoms with E-state index >= 15 is 0 Å². The maximum Gasteiger partial charge on any atom is 0 e. The van der Waals surface area contributed by atoms with Gasteiger partial charge < -0.3 is 0 Å². The van der Waals surface area contributed by atoms with Crippen LogP contribution in [0.25, 0.3) is 0 Å². The van der Waals surface area contributed by atoms with Crippen molar-refractivity contribution in [3.05, 3.63) is 0 Å². The second kappa shape index (κ2) is 47.6. The van der Waals surface area contributed by atoms with Crippen LogP contribution in [0, 0.1) is 0 Å². The summed E-state index contributed by atoms with van der Waals surface area (Å²) in [4.78, 5) is 0. The maximum atomic E-state index is 6.00. The van der Waals surface area contributed by atoms with E-state index in [1.54, 1.807) is 0 Å². The minimum absolute atomic E-state index is 0. The van der Waals surface area contributed by atoms with E-state index in [2.05, 4.69) is 0 Å². The third-order valence-corrected chi connectivity index (χ3v) is 0. The van der Waals surface area contributed by atoms with Crippen LogP contribution < -0.4 is 0 Å². The molecule has 0 aromatic carbocycles. The first-order valence-corrected chi connectivity index (χ1v) is 0.200. The molecule has 0 aromatic heterocycles. The summed E-state index contributed by atoms with van der Waals surface area (Å²) in [5.41, 5.74) is 0. The van der Waals surface area contributed by atoms with Gasteiger partial charge in [-0.3, -0.25) is 10.5 Å². The van der Waals surface area contributed by atoms with Gasteiger partial charge in [0.05, 0.1) is 0 Å². The predicted molar refractivity (Wildman–Crippen MR) is 12.4 cm³/mol. The molecule has 2 nitrogen and oxygen atoms in total. The van der Waals surface area contributed by atoms with Gasteiger partial charge in [-0.15, -0.1) is 0 Å². The Kier molecular flexibility index (Phi) is 295. The van der Waals surface area contributed by atoms with Crippen molar-refractivity contribution in [3.63, 3.8) is 0 Å². The van der Waals surface area contributed by atoms with Gasteiger partial charge in [0.15, 0.2) is 0 Å². The number of rotatable bonds is 0. The Balaban J connectivity index is -0.00000000167. The molecule has 0 atom stereocenters. The quantitative estimate of drug-likeness (QED) is 0.275. The van der Waals surface area contributed by atoms with E-state index in [0.29, 0.717) is 0 Å². The van der Waals surface area contributed by atoms with Gasteiger partial charge in [0.2, 0.25) is 0 Å². The average Bonchev–Trinajstić information content (AvgIpc) is 1.00. The molecular formula is H3LiMn2O2. The average molecular weight is 152 g/mol. The molecule has 5 heteroatoms. The fourth-order valence-corrected chi connectivity index (χ4v) is 0. The van der Waals surface area contributed by atoms with Gasteiger partial charge in [0.1, 0.15) is 0 Å². The molecule has 0 unspecified atom stereocenters. The van der Waals surface area contributed by atoms with Gasteiger partial charge in [-0.05, 0) is 0 Å². The Bertz CT molecular complexity index is 7.61. The molecule has 30 valence electrons. The third kappa shape index (κ3) is 29.0. The van der Waals surface area contributed by atoms with E-state index in [-0.39, 0.29) is 53.0 Å². The van der Waals surface area contributed by atoms with E-state index in [1.807, 2.05) is 0 Å². The van der Waals surface area contributed by atoms with Crippen LogP contribution >= 0.6 is 0 Å². The Labute approximate surface area is 63.4 Å². The van der Waals surface area contributed by atoms with Crippen molar-refractivity contribution in [2.45, 2.75) is 0 Å². The first-order chi connectivity index (χ1) is 1.00. The molecule has 0 saturated carbocycles. The molecule has 0 aliphatic rings. The third-order valence-electron chi connectivity index (χ3n) is 0. The van der Waals surface area contributed by atoms with Crippen LogP contribution in [0.3, 0.4) is 0 Å². The van der Waals surface area contributed by atoms with Crippen molar-refractivity contribution in [3.8, 4) is 0 Å². The summed E-state index contributed by atoms with van der Waals surface area (Å²) in [6.07, 6.45) is 0. The summed E-state index contributed by atoms with van der Waals surface area (Å²) in [5, 5.41) is 12.0. The first kappa shape index (κ1) is 31.0. The molecule has 0 aromatic rings. The number of hydrogen-bond donors (Lipinski definition) is 2. The van der Waals surface area contributed by atoms with Crippen molar-refractivity contribution in [2.24, 2.45) is 0 Å². The first-order valence-electron chi connectivity index (χ1n) is 0.200. The Hall–Kier alpha value is 1.56. The second-order valence-corrected chi connectivity index (χ2v) is 0. The molecular weight excluding hydrogens is 149 g/mol. The van der Waals surface area contributed by atoms with E-state index in [1.165, 1.54) is 0 Å². The van der Waals surface area contributed by atoms with Crippen LogP contribution in [-0.4, -0.2) is 29.4 Å². The van der Waals surface area contributed by atoms with E-state index in [4.69, 9.17) is 10.5 Å². The van der Waals surface area contributed by atoms with Crippen LogP contribution in [0.4, 0.5) is 0 Å². The minimum Gasteiger partial charge on any atom is 0 e. The molecule has 0 spiro atoms. The van der Waals surface area contributed by atoms with Crippen LogP contribution in [-0.2, 0) is 34.1 Å². The van der Waals surface area contributed by atoms with Crippen molar-refractivity contribution in [1.82, 2.24) is 0 Å². The molecule has 0 aliphatic carbocycles. The normalized spacial score (nSPS) is 1.20. The predicted octanol–water partition coefficient (Wildman–Crippen LogP) is -0.636. The molecule has 0 amide bonds. The molecule has 0 saturated heterocycles. The molecule has 0 bridgehead atoms. The Morgan fingerprint density at radius 1 is 0.800 bits per heavy atom. The molecule has 0 rings (SSSR count). The van der Waals surface area contributed by atoms with Crippen LogP contribution in [0.15, 0.2) is 0 Å². The zero-order valence-corrected chi connectivity index (χ0v) is 4.01. The van der Waals surface area contributed by atoms with Gasteiger partial charge in [-0.25, -0.2) is 0 Å². The largest absolute Gasteiger partial charge is 0 e. The van der Waals surface area contributed by atoms with Crippen molar-refractivity contribution in [2.75, 3.05) is 0 Å². The molecule has 0 aliphatic heterocycles. The van der Waals surface area contributed by atoms with Gasteiger partial charge in [0, 0.05) is 34.1 Å². The zero-order chi connectivity index (χ0) is 2.00. The second-order valence-electron chi connectivity index (χ2n) is 0. The number of hydrogen-bond acceptors (Lipinski definition) is 2. The van der Waals surface area contributed by atoms with Crippen molar-refractivity contribution in [1.29, 1.82) is 0 Å². The van der Waals surface area contributed by atoms with Crippen LogP contribution in [0.5, 0.6) is 0 Å². The summed E-state index contributed by atoms with van der Waals surface area (Å²) in [5.74, 6) is 0. The van der Waals surface area contributed by atoms with Gasteiger partial charge in [-0.1, -0.05) is 0 Å². The SMILES string of the molecule is OO.[LiH].[Mn].[Mn]. The Morgan fingerprint density at radius 3 is 0.800 bits per heavy atom. The van der Waals surface area contributed by atoms with Crippen LogP contribution in [0.2, 0.25) is 0 Å². The molecule has 2 radical (unpaired) electrons. The molecule has 0 heterocycles. The summed E-state index contributed by atoms with van der Waals surface area (Å²) < 4.78 is 0. The van der Waals surface area contributed by atoms with Gasteiger partial charge in [0.25, 0.3) is 0 Å². The zero-order valence-electron chi connectivity index (χ0n) is 1.65. The summed E-state index contributed by atoms with van der Waals surface area (Å²) in [6, 6.07) is 0. The van der Waals surface area contributed by atoms with Gasteiger partial charge in [-0.2, -0.15) is 0 Å². The van der Waals surface area contributed by atoms with Crippen molar-refractivity contribution < 1.29 is 44.7 Å². The smallest absolute Gasteiger partial charge is 0 e. The van der Waals surface area contributed by atoms with Gasteiger partial charge >= 0.3 is 18.9 Å². The fourth-order valence-electron chi connectivity index (χ4n) is 0. The molecule has 0 fully saturated rings. The van der Waals surface area contributed by atoms with E-state index in [0.717, 1.165) is 0 Å². The standard InChI is InChI=1S/Li.2Mn.H2O2.H/c;;;1-2;/h;;;1-2H;. The fraction of sp³-hybridized carbons (Fsp3) is 0. The minimum atomic E-state index is 0. The topological polar surface area (TPSA) is 40.5 Å². The molecule has 5 heavy (non-hydrogen) atoms. The van der Waals surface area contributed by atoms with E-state index in [9.17, 15) is 0 Å². The summed E-state index contributed by atoms with van der Waals surface area (Å²) in [6.45, 7) is 0. The monoisotopic (exact) mass is 152 g/mol. The molecule has 2 N–H and O–H groups in total.